The Hall–Kier alpha value is -2.85. The highest BCUT2D eigenvalue weighted by Crippen LogP contribution is 2.25. The molecule has 0 aliphatic heterocycles. The second-order valence-electron chi connectivity index (χ2n) is 6.66. The van der Waals surface area contributed by atoms with Crippen molar-refractivity contribution in [3.8, 4) is 11.3 Å². The van der Waals surface area contributed by atoms with Gasteiger partial charge in [0, 0.05) is 28.8 Å². The van der Waals surface area contributed by atoms with Crippen LogP contribution < -0.4 is 5.32 Å². The maximum absolute atomic E-state index is 13.1. The van der Waals surface area contributed by atoms with Gasteiger partial charge in [-0.25, -0.2) is 18.9 Å². The van der Waals surface area contributed by atoms with Crippen molar-refractivity contribution in [3.05, 3.63) is 52.4 Å². The molecular weight excluding hydrogens is 423 g/mol. The van der Waals surface area contributed by atoms with E-state index in [4.69, 9.17) is 0 Å². The number of benzene rings is 1. The number of thiazole rings is 1. The number of anilines is 1. The number of aromatic nitrogens is 5. The molecule has 4 aromatic rings. The minimum Gasteiger partial charge on any atom is -0.302 e. The largest absolute Gasteiger partial charge is 0.302 e. The molecule has 4 rings (SSSR count). The third kappa shape index (κ3) is 4.19. The maximum atomic E-state index is 13.1. The second kappa shape index (κ2) is 8.49. The van der Waals surface area contributed by atoms with E-state index in [0.717, 1.165) is 22.5 Å². The lowest BCUT2D eigenvalue weighted by Crippen LogP contribution is -2.14. The van der Waals surface area contributed by atoms with Crippen molar-refractivity contribution in [2.75, 3.05) is 11.6 Å². The normalized spacial score (nSPS) is 11.2. The molecule has 0 aliphatic rings. The van der Waals surface area contributed by atoms with Crippen LogP contribution in [0.15, 0.2) is 34.8 Å². The number of fused-ring (bicyclic) bond motifs is 1. The number of nitrogens with one attached hydrogen (secondary N) is 1. The van der Waals surface area contributed by atoms with Crippen molar-refractivity contribution in [2.45, 2.75) is 31.8 Å². The van der Waals surface area contributed by atoms with Gasteiger partial charge in [0.25, 0.3) is 5.78 Å². The van der Waals surface area contributed by atoms with Crippen LogP contribution in [0.4, 0.5) is 9.52 Å². The Labute approximate surface area is 180 Å². The first kappa shape index (κ1) is 20.4. The molecule has 0 saturated heterocycles. The number of rotatable bonds is 6. The number of halogens is 1. The Morgan fingerprint density at radius 2 is 1.97 bits per heavy atom. The minimum absolute atomic E-state index is 0.128. The fourth-order valence-corrected chi connectivity index (χ4v) is 4.22. The van der Waals surface area contributed by atoms with E-state index < -0.39 is 0 Å². The Morgan fingerprint density at radius 3 is 2.70 bits per heavy atom. The predicted octanol–water partition coefficient (Wildman–Crippen LogP) is 4.30. The van der Waals surface area contributed by atoms with E-state index in [0.29, 0.717) is 34.6 Å². The first-order valence-corrected chi connectivity index (χ1v) is 11.3. The summed E-state index contributed by atoms with van der Waals surface area (Å²) >= 11 is 2.80. The molecule has 0 aliphatic carbocycles. The lowest BCUT2D eigenvalue weighted by molar-refractivity contribution is -0.116. The molecule has 1 amide bonds. The van der Waals surface area contributed by atoms with Crippen LogP contribution >= 0.6 is 23.1 Å². The summed E-state index contributed by atoms with van der Waals surface area (Å²) in [5, 5.41) is 10.3. The number of hydrogen-bond donors (Lipinski definition) is 1. The maximum Gasteiger partial charge on any atom is 0.253 e. The summed E-state index contributed by atoms with van der Waals surface area (Å²) in [7, 11) is 0. The van der Waals surface area contributed by atoms with Crippen LogP contribution in [0.1, 0.15) is 23.4 Å². The summed E-state index contributed by atoms with van der Waals surface area (Å²) in [6.07, 6.45) is 2.75. The first-order valence-electron chi connectivity index (χ1n) is 9.22. The van der Waals surface area contributed by atoms with Crippen molar-refractivity contribution in [1.29, 1.82) is 0 Å². The standard InChI is InChI=1S/C20H19FN6OS2/c1-11-15(12(2)27-18(22-11)25-20(26-27)29-3)8-9-17(28)24-19-23-16(10-30-19)13-4-6-14(21)7-5-13/h4-7,10H,8-9H2,1-3H3,(H,23,24,28). The van der Waals surface area contributed by atoms with Gasteiger partial charge in [-0.05, 0) is 56.4 Å². The van der Waals surface area contributed by atoms with Gasteiger partial charge < -0.3 is 5.32 Å². The summed E-state index contributed by atoms with van der Waals surface area (Å²) in [5.41, 5.74) is 4.27. The zero-order chi connectivity index (χ0) is 21.3. The smallest absolute Gasteiger partial charge is 0.253 e. The third-order valence-corrected chi connectivity index (χ3v) is 6.00. The number of carbonyl (C=O) groups is 1. The van der Waals surface area contributed by atoms with Crippen LogP contribution in [0.2, 0.25) is 0 Å². The van der Waals surface area contributed by atoms with E-state index in [9.17, 15) is 9.18 Å². The van der Waals surface area contributed by atoms with Crippen molar-refractivity contribution in [3.63, 3.8) is 0 Å². The zero-order valence-electron chi connectivity index (χ0n) is 16.6. The average Bonchev–Trinajstić information content (AvgIpc) is 3.35. The molecule has 10 heteroatoms. The number of carbonyl (C=O) groups excluding carboxylic acids is 1. The number of thioether (sulfide) groups is 1. The number of aryl methyl sites for hydroxylation is 2. The lowest BCUT2D eigenvalue weighted by Gasteiger charge is -2.10. The van der Waals surface area contributed by atoms with Gasteiger partial charge in [-0.2, -0.15) is 4.98 Å². The monoisotopic (exact) mass is 442 g/mol. The topological polar surface area (TPSA) is 85.1 Å². The Kier molecular flexibility index (Phi) is 5.78. The van der Waals surface area contributed by atoms with Crippen LogP contribution in [0.5, 0.6) is 0 Å². The van der Waals surface area contributed by atoms with Gasteiger partial charge in [0.05, 0.1) is 5.69 Å². The van der Waals surface area contributed by atoms with Crippen molar-refractivity contribution >= 4 is 39.9 Å². The average molecular weight is 443 g/mol. The van der Waals surface area contributed by atoms with Gasteiger partial charge in [0.15, 0.2) is 5.13 Å². The fourth-order valence-electron chi connectivity index (χ4n) is 3.14. The minimum atomic E-state index is -0.295. The molecular formula is C20H19FN6OS2. The summed E-state index contributed by atoms with van der Waals surface area (Å²) in [4.78, 5) is 25.8. The Balaban J connectivity index is 1.43. The van der Waals surface area contributed by atoms with Gasteiger partial charge in [-0.1, -0.05) is 11.8 Å². The van der Waals surface area contributed by atoms with E-state index in [1.165, 1.54) is 35.2 Å². The quantitative estimate of drug-likeness (QED) is 0.448. The highest BCUT2D eigenvalue weighted by molar-refractivity contribution is 7.98. The number of nitrogens with zero attached hydrogens (tertiary/aromatic N) is 5. The van der Waals surface area contributed by atoms with Crippen LogP contribution in [-0.2, 0) is 11.2 Å². The molecule has 0 radical (unpaired) electrons. The first-order chi connectivity index (χ1) is 14.4. The highest BCUT2D eigenvalue weighted by atomic mass is 32.2. The third-order valence-electron chi connectivity index (χ3n) is 4.70. The Morgan fingerprint density at radius 1 is 1.20 bits per heavy atom. The molecule has 154 valence electrons. The summed E-state index contributed by atoms with van der Waals surface area (Å²) in [6, 6.07) is 6.11. The van der Waals surface area contributed by atoms with Crippen LogP contribution in [0.3, 0.4) is 0 Å². The van der Waals surface area contributed by atoms with E-state index in [2.05, 4.69) is 25.4 Å². The predicted molar refractivity (Wildman–Crippen MR) is 116 cm³/mol. The molecule has 0 atom stereocenters. The SMILES string of the molecule is CSc1nc2nc(C)c(CCC(=O)Nc3nc(-c4ccc(F)cc4)cs3)c(C)n2n1. The molecule has 3 heterocycles. The van der Waals surface area contributed by atoms with Crippen LogP contribution in [0, 0.1) is 19.7 Å². The van der Waals surface area contributed by atoms with Gasteiger partial charge in [-0.15, -0.1) is 16.4 Å². The molecule has 0 spiro atoms. The van der Waals surface area contributed by atoms with E-state index in [1.807, 2.05) is 25.5 Å². The number of hydrogen-bond acceptors (Lipinski definition) is 7. The second-order valence-corrected chi connectivity index (χ2v) is 8.30. The highest BCUT2D eigenvalue weighted by Gasteiger charge is 2.15. The molecule has 7 nitrogen and oxygen atoms in total. The fraction of sp³-hybridized carbons (Fsp3) is 0.250. The summed E-state index contributed by atoms with van der Waals surface area (Å²) in [6.45, 7) is 3.88. The summed E-state index contributed by atoms with van der Waals surface area (Å²) in [5.74, 6) is 0.146. The van der Waals surface area contributed by atoms with E-state index >= 15 is 0 Å². The van der Waals surface area contributed by atoms with Crippen LogP contribution in [0.25, 0.3) is 17.0 Å². The molecule has 30 heavy (non-hydrogen) atoms. The van der Waals surface area contributed by atoms with Gasteiger partial charge in [0.2, 0.25) is 11.1 Å². The van der Waals surface area contributed by atoms with Crippen molar-refractivity contribution < 1.29 is 9.18 Å². The zero-order valence-corrected chi connectivity index (χ0v) is 18.3. The summed E-state index contributed by atoms with van der Waals surface area (Å²) < 4.78 is 14.8. The van der Waals surface area contributed by atoms with E-state index in [-0.39, 0.29) is 11.7 Å². The van der Waals surface area contributed by atoms with Gasteiger partial charge in [0.1, 0.15) is 5.82 Å². The van der Waals surface area contributed by atoms with E-state index in [1.54, 1.807) is 16.6 Å². The van der Waals surface area contributed by atoms with Gasteiger partial charge >= 0.3 is 0 Å². The van der Waals surface area contributed by atoms with Gasteiger partial charge in [-0.3, -0.25) is 4.79 Å². The number of amides is 1. The molecule has 0 unspecified atom stereocenters. The molecule has 0 saturated carbocycles. The molecule has 1 aromatic carbocycles. The lowest BCUT2D eigenvalue weighted by atomic mass is 10.1. The van der Waals surface area contributed by atoms with Crippen molar-refractivity contribution in [1.82, 2.24) is 24.6 Å². The van der Waals surface area contributed by atoms with Crippen LogP contribution in [-0.4, -0.2) is 36.7 Å². The van der Waals surface area contributed by atoms with Crippen molar-refractivity contribution in [2.24, 2.45) is 0 Å². The Bertz CT molecular complexity index is 1220. The molecule has 0 bridgehead atoms. The molecule has 3 aromatic heterocycles. The molecule has 0 fully saturated rings. The molecule has 1 N–H and O–H groups in total.